The van der Waals surface area contributed by atoms with Gasteiger partial charge in [-0.3, -0.25) is 9.89 Å². The van der Waals surface area contributed by atoms with Crippen molar-refractivity contribution >= 4 is 18.3 Å². The van der Waals surface area contributed by atoms with E-state index in [1.54, 1.807) is 4.90 Å². The SMILES string of the molecule is Cc1cc(C[C@@H]2CN(C(=O)CCCN)C[C@H]2O)n[nH]1.Cl. The number of hydrogen-bond acceptors (Lipinski definition) is 4. The van der Waals surface area contributed by atoms with Crippen LogP contribution in [0.1, 0.15) is 24.2 Å². The number of nitrogens with one attached hydrogen (secondary N) is 1. The number of hydrogen-bond donors (Lipinski definition) is 3. The Bertz CT molecular complexity index is 438. The lowest BCUT2D eigenvalue weighted by Gasteiger charge is -2.15. The minimum atomic E-state index is -0.459. The van der Waals surface area contributed by atoms with E-state index in [-0.39, 0.29) is 24.2 Å². The number of aryl methyl sites for hydroxylation is 1. The van der Waals surface area contributed by atoms with Crippen molar-refractivity contribution in [2.24, 2.45) is 11.7 Å². The molecule has 0 spiro atoms. The highest BCUT2D eigenvalue weighted by Crippen LogP contribution is 2.21. The normalized spacial score (nSPS) is 21.9. The van der Waals surface area contributed by atoms with Gasteiger partial charge in [-0.2, -0.15) is 5.10 Å². The van der Waals surface area contributed by atoms with Crippen molar-refractivity contribution in [2.75, 3.05) is 19.6 Å². The number of nitrogens with two attached hydrogens (primary N) is 1. The molecule has 0 unspecified atom stereocenters. The number of aromatic nitrogens is 2. The lowest BCUT2D eigenvalue weighted by Crippen LogP contribution is -2.29. The molecular formula is C13H23ClN4O2. The number of halogens is 1. The standard InChI is InChI=1S/C13H22N4O2.ClH/c1-9-5-11(16-15-9)6-10-7-17(8-12(10)18)13(19)3-2-4-14;/h5,10,12,18H,2-4,6-8,14H2,1H3,(H,15,16);1H/t10-,12-;/m1./s1. The second-order valence-electron chi connectivity index (χ2n) is 5.26. The maximum atomic E-state index is 11.9. The van der Waals surface area contributed by atoms with Crippen LogP contribution in [0.25, 0.3) is 0 Å². The first-order chi connectivity index (χ1) is 9.10. The fourth-order valence-electron chi connectivity index (χ4n) is 2.52. The summed E-state index contributed by atoms with van der Waals surface area (Å²) >= 11 is 0. The Morgan fingerprint density at radius 2 is 2.35 bits per heavy atom. The molecule has 7 heteroatoms. The van der Waals surface area contributed by atoms with Gasteiger partial charge in [-0.15, -0.1) is 12.4 Å². The van der Waals surface area contributed by atoms with Gasteiger partial charge in [-0.05, 0) is 32.4 Å². The average Bonchev–Trinajstić information content (AvgIpc) is 2.94. The molecule has 114 valence electrons. The van der Waals surface area contributed by atoms with Crippen LogP contribution in [-0.2, 0) is 11.2 Å². The zero-order chi connectivity index (χ0) is 13.8. The van der Waals surface area contributed by atoms with Gasteiger partial charge >= 0.3 is 0 Å². The summed E-state index contributed by atoms with van der Waals surface area (Å²) in [7, 11) is 0. The van der Waals surface area contributed by atoms with E-state index < -0.39 is 6.10 Å². The van der Waals surface area contributed by atoms with Crippen molar-refractivity contribution in [3.63, 3.8) is 0 Å². The van der Waals surface area contributed by atoms with Gasteiger partial charge in [0.25, 0.3) is 0 Å². The summed E-state index contributed by atoms with van der Waals surface area (Å²) in [6.45, 7) is 3.51. The van der Waals surface area contributed by atoms with Crippen molar-refractivity contribution in [3.8, 4) is 0 Å². The third-order valence-electron chi connectivity index (χ3n) is 3.58. The van der Waals surface area contributed by atoms with Crippen LogP contribution in [0, 0.1) is 12.8 Å². The fourth-order valence-corrected chi connectivity index (χ4v) is 2.52. The zero-order valence-corrected chi connectivity index (χ0v) is 12.5. The molecule has 2 atom stereocenters. The van der Waals surface area contributed by atoms with E-state index in [1.807, 2.05) is 13.0 Å². The summed E-state index contributed by atoms with van der Waals surface area (Å²) in [5.74, 6) is 0.162. The molecule has 0 aliphatic carbocycles. The molecule has 1 fully saturated rings. The lowest BCUT2D eigenvalue weighted by atomic mass is 10.0. The van der Waals surface area contributed by atoms with Crippen LogP contribution in [0.15, 0.2) is 6.07 Å². The molecule has 0 saturated carbocycles. The first-order valence-electron chi connectivity index (χ1n) is 6.77. The molecule has 1 aromatic heterocycles. The van der Waals surface area contributed by atoms with E-state index >= 15 is 0 Å². The Kier molecular flexibility index (Phi) is 6.45. The molecule has 1 aliphatic rings. The van der Waals surface area contributed by atoms with E-state index in [0.717, 1.165) is 11.4 Å². The van der Waals surface area contributed by atoms with E-state index in [0.29, 0.717) is 38.9 Å². The Morgan fingerprint density at radius 3 is 2.95 bits per heavy atom. The molecule has 0 bridgehead atoms. The highest BCUT2D eigenvalue weighted by molar-refractivity contribution is 5.85. The van der Waals surface area contributed by atoms with Gasteiger partial charge in [-0.1, -0.05) is 0 Å². The van der Waals surface area contributed by atoms with E-state index in [9.17, 15) is 9.90 Å². The number of rotatable bonds is 5. The van der Waals surface area contributed by atoms with Gasteiger partial charge < -0.3 is 15.7 Å². The van der Waals surface area contributed by atoms with Gasteiger partial charge in [0.05, 0.1) is 11.8 Å². The topological polar surface area (TPSA) is 95.2 Å². The number of nitrogens with zero attached hydrogens (tertiary/aromatic N) is 2. The molecule has 2 rings (SSSR count). The molecule has 1 aromatic rings. The molecule has 20 heavy (non-hydrogen) atoms. The van der Waals surface area contributed by atoms with E-state index in [4.69, 9.17) is 5.73 Å². The number of amides is 1. The maximum Gasteiger partial charge on any atom is 0.222 e. The van der Waals surface area contributed by atoms with Crippen molar-refractivity contribution in [1.82, 2.24) is 15.1 Å². The third-order valence-corrected chi connectivity index (χ3v) is 3.58. The predicted molar refractivity (Wildman–Crippen MR) is 78.6 cm³/mol. The molecule has 1 amide bonds. The van der Waals surface area contributed by atoms with Gasteiger partial charge in [0.15, 0.2) is 0 Å². The molecule has 6 nitrogen and oxygen atoms in total. The van der Waals surface area contributed by atoms with E-state index in [2.05, 4.69) is 10.2 Å². The van der Waals surface area contributed by atoms with Crippen molar-refractivity contribution in [1.29, 1.82) is 0 Å². The van der Waals surface area contributed by atoms with Crippen molar-refractivity contribution in [3.05, 3.63) is 17.5 Å². The number of aliphatic hydroxyl groups is 1. The molecule has 2 heterocycles. The summed E-state index contributed by atoms with van der Waals surface area (Å²) < 4.78 is 0. The van der Waals surface area contributed by atoms with Crippen LogP contribution >= 0.6 is 12.4 Å². The third kappa shape index (κ3) is 4.19. The number of aliphatic hydroxyl groups excluding tert-OH is 1. The number of carbonyl (C=O) groups excluding carboxylic acids is 1. The minimum Gasteiger partial charge on any atom is -0.391 e. The molecule has 1 saturated heterocycles. The van der Waals surface area contributed by atoms with E-state index in [1.165, 1.54) is 0 Å². The summed E-state index contributed by atoms with van der Waals surface area (Å²) in [6.07, 6.45) is 1.41. The van der Waals surface area contributed by atoms with Crippen LogP contribution in [0.3, 0.4) is 0 Å². The summed E-state index contributed by atoms with van der Waals surface area (Å²) in [6, 6.07) is 1.98. The monoisotopic (exact) mass is 302 g/mol. The van der Waals surface area contributed by atoms with Crippen LogP contribution < -0.4 is 5.73 Å². The number of H-pyrrole nitrogens is 1. The summed E-state index contributed by atoms with van der Waals surface area (Å²) in [5.41, 5.74) is 7.36. The largest absolute Gasteiger partial charge is 0.391 e. The summed E-state index contributed by atoms with van der Waals surface area (Å²) in [5, 5.41) is 17.1. The van der Waals surface area contributed by atoms with Gasteiger partial charge in [0, 0.05) is 31.1 Å². The highest BCUT2D eigenvalue weighted by Gasteiger charge is 2.33. The van der Waals surface area contributed by atoms with Gasteiger partial charge in [0.2, 0.25) is 5.91 Å². The molecular weight excluding hydrogens is 280 g/mol. The number of β-amino-alcohol motifs (C(OH)–C–C–N with tert-alkyl or cyclic N) is 1. The first-order valence-corrected chi connectivity index (χ1v) is 6.77. The number of carbonyl (C=O) groups is 1. The number of likely N-dealkylation sites (tertiary alicyclic amines) is 1. The fraction of sp³-hybridized carbons (Fsp3) is 0.692. The Labute approximate surface area is 125 Å². The zero-order valence-electron chi connectivity index (χ0n) is 11.7. The smallest absolute Gasteiger partial charge is 0.222 e. The predicted octanol–water partition coefficient (Wildman–Crippen LogP) is 0.241. The summed E-state index contributed by atoms with van der Waals surface area (Å²) in [4.78, 5) is 13.6. The molecule has 4 N–H and O–H groups in total. The minimum absolute atomic E-state index is 0. The Balaban J connectivity index is 0.00000200. The van der Waals surface area contributed by atoms with Crippen LogP contribution in [0.2, 0.25) is 0 Å². The lowest BCUT2D eigenvalue weighted by molar-refractivity contribution is -0.130. The van der Waals surface area contributed by atoms with Crippen molar-refractivity contribution < 1.29 is 9.90 Å². The first kappa shape index (κ1) is 16.9. The highest BCUT2D eigenvalue weighted by atomic mass is 35.5. The van der Waals surface area contributed by atoms with Crippen molar-refractivity contribution in [2.45, 2.75) is 32.3 Å². The second kappa shape index (κ2) is 7.61. The Hall–Kier alpha value is -1.11. The quantitative estimate of drug-likeness (QED) is 0.726. The van der Waals surface area contributed by atoms with Gasteiger partial charge in [-0.25, -0.2) is 0 Å². The maximum absolute atomic E-state index is 11.9. The van der Waals surface area contributed by atoms with Crippen LogP contribution in [0.4, 0.5) is 0 Å². The number of aromatic amines is 1. The molecule has 0 radical (unpaired) electrons. The Morgan fingerprint density at radius 1 is 1.60 bits per heavy atom. The molecule has 1 aliphatic heterocycles. The average molecular weight is 303 g/mol. The van der Waals surface area contributed by atoms with Crippen LogP contribution in [-0.4, -0.2) is 51.8 Å². The second-order valence-corrected chi connectivity index (χ2v) is 5.26. The van der Waals surface area contributed by atoms with Crippen LogP contribution in [0.5, 0.6) is 0 Å². The van der Waals surface area contributed by atoms with Gasteiger partial charge in [0.1, 0.15) is 0 Å². The molecule has 0 aromatic carbocycles.